The Kier molecular flexibility index (Phi) is 6.16. The normalized spacial score (nSPS) is 15.5. The third kappa shape index (κ3) is 4.38. The number of tetrazole rings is 1. The van der Waals surface area contributed by atoms with Crippen molar-refractivity contribution in [2.75, 3.05) is 26.8 Å². The third-order valence-corrected chi connectivity index (χ3v) is 5.81. The molecule has 31 heavy (non-hydrogen) atoms. The molecule has 1 saturated heterocycles. The van der Waals surface area contributed by atoms with Gasteiger partial charge in [-0.25, -0.2) is 4.79 Å². The highest BCUT2D eigenvalue weighted by atomic mass is 16.6. The lowest BCUT2D eigenvalue weighted by atomic mass is 9.72. The first-order valence-corrected chi connectivity index (χ1v) is 10.5. The Labute approximate surface area is 181 Å². The van der Waals surface area contributed by atoms with Gasteiger partial charge in [0.2, 0.25) is 0 Å². The van der Waals surface area contributed by atoms with Crippen LogP contribution in [0, 0.1) is 0 Å². The zero-order chi connectivity index (χ0) is 21.7. The van der Waals surface area contributed by atoms with Gasteiger partial charge in [0.1, 0.15) is 5.75 Å². The molecule has 1 aliphatic heterocycles. The van der Waals surface area contributed by atoms with Gasteiger partial charge in [-0.1, -0.05) is 42.5 Å². The van der Waals surface area contributed by atoms with E-state index in [0.29, 0.717) is 44.9 Å². The molecule has 1 fully saturated rings. The van der Waals surface area contributed by atoms with Gasteiger partial charge in [0.25, 0.3) is 0 Å². The molecule has 1 aromatic heterocycles. The van der Waals surface area contributed by atoms with Crippen LogP contribution >= 0.6 is 0 Å². The van der Waals surface area contributed by atoms with Gasteiger partial charge in [-0.3, -0.25) is 0 Å². The number of rotatable bonds is 6. The Bertz CT molecular complexity index is 1010. The number of piperidine rings is 1. The molecule has 162 valence electrons. The van der Waals surface area contributed by atoms with Crippen molar-refractivity contribution < 1.29 is 14.3 Å². The van der Waals surface area contributed by atoms with Crippen molar-refractivity contribution in [3.05, 3.63) is 71.5 Å². The van der Waals surface area contributed by atoms with Crippen molar-refractivity contribution in [3.63, 3.8) is 0 Å². The lowest BCUT2D eigenvalue weighted by Gasteiger charge is -2.39. The van der Waals surface area contributed by atoms with E-state index < -0.39 is 5.41 Å². The van der Waals surface area contributed by atoms with Crippen LogP contribution in [0.1, 0.15) is 36.7 Å². The maximum atomic E-state index is 12.2. The maximum absolute atomic E-state index is 12.2. The summed E-state index contributed by atoms with van der Waals surface area (Å²) < 4.78 is 10.5. The fourth-order valence-corrected chi connectivity index (χ4v) is 4.12. The Morgan fingerprint density at radius 3 is 2.58 bits per heavy atom. The van der Waals surface area contributed by atoms with Crippen LogP contribution in [0.4, 0.5) is 4.79 Å². The lowest BCUT2D eigenvalue weighted by Crippen LogP contribution is -2.46. The van der Waals surface area contributed by atoms with Crippen LogP contribution < -0.4 is 4.74 Å². The first-order chi connectivity index (χ1) is 15.1. The summed E-state index contributed by atoms with van der Waals surface area (Å²) in [4.78, 5) is 15.6. The number of ether oxygens (including phenoxy) is 2. The Hall–Kier alpha value is -3.42. The highest BCUT2D eigenvalue weighted by Crippen LogP contribution is 2.40. The van der Waals surface area contributed by atoms with E-state index >= 15 is 0 Å². The van der Waals surface area contributed by atoms with Crippen molar-refractivity contribution >= 4 is 6.09 Å². The van der Waals surface area contributed by atoms with Crippen LogP contribution in [0.3, 0.4) is 0 Å². The first kappa shape index (κ1) is 20.8. The zero-order valence-corrected chi connectivity index (χ0v) is 17.9. The number of carbonyl (C=O) groups excluding carboxylic acids is 1. The van der Waals surface area contributed by atoms with E-state index in [4.69, 9.17) is 14.6 Å². The van der Waals surface area contributed by atoms with Gasteiger partial charge in [-0.2, -0.15) is 4.80 Å². The molecule has 0 bridgehead atoms. The number of amides is 1. The maximum Gasteiger partial charge on any atom is 0.409 e. The van der Waals surface area contributed by atoms with Gasteiger partial charge in [0.05, 0.1) is 25.7 Å². The Morgan fingerprint density at radius 1 is 1.10 bits per heavy atom. The number of carbonyl (C=O) groups is 1. The van der Waals surface area contributed by atoms with Crippen LogP contribution in [0.5, 0.6) is 5.75 Å². The number of hydrogen-bond acceptors (Lipinski definition) is 6. The van der Waals surface area contributed by atoms with Crippen molar-refractivity contribution in [3.8, 4) is 5.75 Å². The molecule has 0 aliphatic carbocycles. The number of benzene rings is 2. The molecule has 0 spiro atoms. The number of hydrogen-bond donors (Lipinski definition) is 0. The summed E-state index contributed by atoms with van der Waals surface area (Å²) in [6, 6.07) is 18.1. The van der Waals surface area contributed by atoms with Crippen LogP contribution in [0.2, 0.25) is 0 Å². The molecule has 1 aliphatic rings. The summed E-state index contributed by atoms with van der Waals surface area (Å²) in [5, 5.41) is 13.5. The highest BCUT2D eigenvalue weighted by Gasteiger charge is 2.42. The van der Waals surface area contributed by atoms with Gasteiger partial charge in [-0.15, -0.1) is 10.2 Å². The average molecular weight is 422 g/mol. The topological polar surface area (TPSA) is 82.4 Å². The van der Waals surface area contributed by atoms with Crippen LogP contribution in [-0.2, 0) is 16.7 Å². The summed E-state index contributed by atoms with van der Waals surface area (Å²) in [7, 11) is 1.65. The Balaban J connectivity index is 1.59. The minimum atomic E-state index is -0.392. The second-order valence-electron chi connectivity index (χ2n) is 7.63. The molecule has 1 amide bonds. The fourth-order valence-electron chi connectivity index (χ4n) is 4.12. The van der Waals surface area contributed by atoms with Gasteiger partial charge in [0.15, 0.2) is 5.82 Å². The largest absolute Gasteiger partial charge is 0.497 e. The molecule has 8 nitrogen and oxygen atoms in total. The molecule has 2 heterocycles. The van der Waals surface area contributed by atoms with Crippen molar-refractivity contribution in [1.82, 2.24) is 25.1 Å². The molecule has 4 rings (SSSR count). The fraction of sp³-hybridized carbons (Fsp3) is 0.391. The SMILES string of the molecule is CCOC(=O)N1CCC(c2ccccc2)(c2nnn(Cc3cccc(OC)c3)n2)CC1. The number of nitrogens with zero attached hydrogens (tertiary/aromatic N) is 5. The summed E-state index contributed by atoms with van der Waals surface area (Å²) >= 11 is 0. The van der Waals surface area contributed by atoms with Crippen LogP contribution in [0.15, 0.2) is 54.6 Å². The van der Waals surface area contributed by atoms with Crippen LogP contribution in [-0.4, -0.2) is 58.0 Å². The summed E-state index contributed by atoms with van der Waals surface area (Å²) in [5.74, 6) is 1.48. The second-order valence-corrected chi connectivity index (χ2v) is 7.63. The van der Waals surface area contributed by atoms with Crippen molar-refractivity contribution in [2.24, 2.45) is 0 Å². The van der Waals surface area contributed by atoms with E-state index in [0.717, 1.165) is 16.9 Å². The molecule has 0 N–H and O–H groups in total. The summed E-state index contributed by atoms with van der Waals surface area (Å²) in [5.41, 5.74) is 1.78. The molecule has 2 aromatic carbocycles. The average Bonchev–Trinajstić information content (AvgIpc) is 3.29. The van der Waals surface area contributed by atoms with E-state index in [1.165, 1.54) is 0 Å². The van der Waals surface area contributed by atoms with E-state index in [-0.39, 0.29) is 6.09 Å². The zero-order valence-electron chi connectivity index (χ0n) is 17.9. The second kappa shape index (κ2) is 9.16. The minimum absolute atomic E-state index is 0.265. The molecule has 8 heteroatoms. The van der Waals surface area contributed by atoms with E-state index in [9.17, 15) is 4.79 Å². The van der Waals surface area contributed by atoms with Crippen molar-refractivity contribution in [2.45, 2.75) is 31.7 Å². The molecular formula is C23H27N5O3. The molecule has 3 aromatic rings. The third-order valence-electron chi connectivity index (χ3n) is 5.81. The van der Waals surface area contributed by atoms with Crippen molar-refractivity contribution in [1.29, 1.82) is 0 Å². The standard InChI is InChI=1S/C23H27N5O3/c1-3-31-22(29)27-14-12-23(13-15-27,19-9-5-4-6-10-19)21-24-26-28(25-21)17-18-8-7-11-20(16-18)30-2/h4-11,16H,3,12-15,17H2,1-2H3. The highest BCUT2D eigenvalue weighted by molar-refractivity contribution is 5.67. The molecule has 0 radical (unpaired) electrons. The van der Waals surface area contributed by atoms with E-state index in [2.05, 4.69) is 22.4 Å². The van der Waals surface area contributed by atoms with Crippen LogP contribution in [0.25, 0.3) is 0 Å². The quantitative estimate of drug-likeness (QED) is 0.608. The Morgan fingerprint density at radius 2 is 1.87 bits per heavy atom. The van der Waals surface area contributed by atoms with Gasteiger partial charge >= 0.3 is 6.09 Å². The minimum Gasteiger partial charge on any atom is -0.497 e. The number of aromatic nitrogens is 4. The predicted molar refractivity (Wildman–Crippen MR) is 115 cm³/mol. The lowest BCUT2D eigenvalue weighted by molar-refractivity contribution is 0.0897. The smallest absolute Gasteiger partial charge is 0.409 e. The van der Waals surface area contributed by atoms with Gasteiger partial charge in [0, 0.05) is 13.1 Å². The van der Waals surface area contributed by atoms with E-state index in [1.54, 1.807) is 16.8 Å². The number of methoxy groups -OCH3 is 1. The predicted octanol–water partition coefficient (Wildman–Crippen LogP) is 3.27. The molecule has 0 unspecified atom stereocenters. The number of likely N-dealkylation sites (tertiary alicyclic amines) is 1. The molecule has 0 saturated carbocycles. The summed E-state index contributed by atoms with van der Waals surface area (Å²) in [6.07, 6.45) is 1.15. The van der Waals surface area contributed by atoms with Gasteiger partial charge in [-0.05, 0) is 48.2 Å². The summed E-state index contributed by atoms with van der Waals surface area (Å²) in [6.45, 7) is 3.86. The molecule has 0 atom stereocenters. The van der Waals surface area contributed by atoms with Gasteiger partial charge < -0.3 is 14.4 Å². The van der Waals surface area contributed by atoms with E-state index in [1.807, 2.05) is 49.4 Å². The first-order valence-electron chi connectivity index (χ1n) is 10.5. The monoisotopic (exact) mass is 421 g/mol. The molecular weight excluding hydrogens is 394 g/mol.